The molecule has 0 spiro atoms. The Kier molecular flexibility index (Phi) is 4.08. The van der Waals surface area contributed by atoms with Gasteiger partial charge in [0.25, 0.3) is 5.91 Å². The van der Waals surface area contributed by atoms with Crippen LogP contribution in [0.5, 0.6) is 0 Å². The molecule has 2 aromatic heterocycles. The lowest BCUT2D eigenvalue weighted by Crippen LogP contribution is -2.52. The minimum Gasteiger partial charge on any atom is -0.449 e. The van der Waals surface area contributed by atoms with Crippen molar-refractivity contribution in [3.8, 4) is 0 Å². The second-order valence-corrected chi connectivity index (χ2v) is 7.04. The molecule has 0 radical (unpaired) electrons. The second-order valence-electron chi connectivity index (χ2n) is 6.13. The van der Waals surface area contributed by atoms with Gasteiger partial charge in [0.05, 0.1) is 11.3 Å². The van der Waals surface area contributed by atoms with Gasteiger partial charge < -0.3 is 9.73 Å². The Morgan fingerprint density at radius 2 is 2.33 bits per heavy atom. The van der Waals surface area contributed by atoms with Crippen molar-refractivity contribution in [1.82, 2.24) is 15.2 Å². The van der Waals surface area contributed by atoms with Crippen molar-refractivity contribution < 1.29 is 9.21 Å². The molecule has 1 N–H and O–H groups in total. The number of likely N-dealkylation sites (tertiary alicyclic amines) is 1. The molecule has 3 aromatic rings. The number of carbonyl (C=O) groups excluding carboxylic acids is 1. The van der Waals surface area contributed by atoms with Crippen molar-refractivity contribution >= 4 is 27.3 Å². The predicted octanol–water partition coefficient (Wildman–Crippen LogP) is 3.20. The van der Waals surface area contributed by atoms with Gasteiger partial charge >= 0.3 is 0 Å². The zero-order valence-corrected chi connectivity index (χ0v) is 14.3. The van der Waals surface area contributed by atoms with Gasteiger partial charge in [-0.2, -0.15) is 0 Å². The maximum absolute atomic E-state index is 12.5. The highest BCUT2D eigenvalue weighted by atomic mass is 32.1. The summed E-state index contributed by atoms with van der Waals surface area (Å²) in [5, 5.41) is 6.05. The normalized spacial score (nSPS) is 17.8. The Bertz CT molecular complexity index is 870. The van der Waals surface area contributed by atoms with Crippen LogP contribution in [-0.4, -0.2) is 34.9 Å². The van der Waals surface area contributed by atoms with Gasteiger partial charge in [-0.1, -0.05) is 18.2 Å². The minimum atomic E-state index is 0.0107. The Hall–Kier alpha value is -2.18. The number of benzene rings is 1. The van der Waals surface area contributed by atoms with Gasteiger partial charge in [-0.05, 0) is 12.5 Å². The Labute approximate surface area is 144 Å². The fourth-order valence-electron chi connectivity index (χ4n) is 3.08. The van der Waals surface area contributed by atoms with Crippen molar-refractivity contribution in [1.29, 1.82) is 0 Å². The average molecular weight is 341 g/mol. The third-order valence-corrected chi connectivity index (χ3v) is 5.48. The number of rotatable bonds is 5. The van der Waals surface area contributed by atoms with Gasteiger partial charge in [0.15, 0.2) is 5.89 Å². The van der Waals surface area contributed by atoms with Gasteiger partial charge in [0.2, 0.25) is 0 Å². The molecule has 1 amide bonds. The van der Waals surface area contributed by atoms with Crippen LogP contribution in [0.25, 0.3) is 10.1 Å². The van der Waals surface area contributed by atoms with Crippen molar-refractivity contribution in [3.63, 3.8) is 0 Å². The fraction of sp³-hybridized carbons (Fsp3) is 0.333. The summed E-state index contributed by atoms with van der Waals surface area (Å²) in [7, 11) is 0. The largest absolute Gasteiger partial charge is 0.449 e. The van der Waals surface area contributed by atoms with E-state index in [2.05, 4.69) is 15.2 Å². The molecule has 1 fully saturated rings. The van der Waals surface area contributed by atoms with Crippen LogP contribution < -0.4 is 5.32 Å². The van der Waals surface area contributed by atoms with E-state index in [0.717, 1.165) is 40.9 Å². The standard InChI is InChI=1S/C18H19N3O2S/c1-12-20-13(10-23-12)9-21-7-6-14(21)8-19-18(22)16-11-24-17-5-3-2-4-15(16)17/h2-5,10-11,14H,6-9H2,1H3,(H,19,22). The number of hydrogen-bond acceptors (Lipinski definition) is 5. The smallest absolute Gasteiger partial charge is 0.252 e. The molecule has 4 rings (SSSR count). The highest BCUT2D eigenvalue weighted by Gasteiger charge is 2.29. The number of nitrogens with zero attached hydrogens (tertiary/aromatic N) is 2. The van der Waals surface area contributed by atoms with Crippen LogP contribution in [0.2, 0.25) is 0 Å². The summed E-state index contributed by atoms with van der Waals surface area (Å²) >= 11 is 1.61. The van der Waals surface area contributed by atoms with Crippen LogP contribution in [0.1, 0.15) is 28.4 Å². The Balaban J connectivity index is 1.35. The molecular formula is C18H19N3O2S. The molecule has 6 heteroatoms. The van der Waals surface area contributed by atoms with Crippen LogP contribution in [0.15, 0.2) is 40.3 Å². The van der Waals surface area contributed by atoms with Gasteiger partial charge in [-0.3, -0.25) is 9.69 Å². The van der Waals surface area contributed by atoms with Gasteiger partial charge in [-0.15, -0.1) is 11.3 Å². The molecule has 24 heavy (non-hydrogen) atoms. The van der Waals surface area contributed by atoms with Crippen LogP contribution in [-0.2, 0) is 6.54 Å². The number of carbonyl (C=O) groups is 1. The van der Waals surface area contributed by atoms with E-state index >= 15 is 0 Å². The lowest BCUT2D eigenvalue weighted by molar-refractivity contribution is 0.0723. The number of nitrogens with one attached hydrogen (secondary N) is 1. The summed E-state index contributed by atoms with van der Waals surface area (Å²) in [6.07, 6.45) is 2.81. The molecule has 5 nitrogen and oxygen atoms in total. The molecule has 0 bridgehead atoms. The molecule has 1 atom stereocenters. The number of aromatic nitrogens is 1. The van der Waals surface area contributed by atoms with Gasteiger partial charge in [0.1, 0.15) is 6.26 Å². The van der Waals surface area contributed by atoms with Crippen LogP contribution in [0, 0.1) is 6.92 Å². The molecule has 3 heterocycles. The first kappa shape index (κ1) is 15.4. The molecule has 0 saturated carbocycles. The predicted molar refractivity (Wildman–Crippen MR) is 94.2 cm³/mol. The summed E-state index contributed by atoms with van der Waals surface area (Å²) in [6, 6.07) is 8.39. The summed E-state index contributed by atoms with van der Waals surface area (Å²) < 4.78 is 6.40. The average Bonchev–Trinajstić information content (AvgIpc) is 3.17. The number of amides is 1. The monoisotopic (exact) mass is 341 g/mol. The lowest BCUT2D eigenvalue weighted by Gasteiger charge is -2.40. The first-order chi connectivity index (χ1) is 11.7. The number of aryl methyl sites for hydroxylation is 1. The molecule has 1 aromatic carbocycles. The molecule has 1 aliphatic heterocycles. The van der Waals surface area contributed by atoms with Crippen molar-refractivity contribution in [2.75, 3.05) is 13.1 Å². The first-order valence-electron chi connectivity index (χ1n) is 8.10. The van der Waals surface area contributed by atoms with E-state index < -0.39 is 0 Å². The van der Waals surface area contributed by atoms with Crippen molar-refractivity contribution in [2.24, 2.45) is 0 Å². The Morgan fingerprint density at radius 1 is 1.46 bits per heavy atom. The van der Waals surface area contributed by atoms with E-state index in [-0.39, 0.29) is 5.91 Å². The van der Waals surface area contributed by atoms with Crippen LogP contribution >= 0.6 is 11.3 Å². The first-order valence-corrected chi connectivity index (χ1v) is 8.98. The quantitative estimate of drug-likeness (QED) is 0.774. The van der Waals surface area contributed by atoms with E-state index in [9.17, 15) is 4.79 Å². The zero-order valence-electron chi connectivity index (χ0n) is 13.5. The molecular weight excluding hydrogens is 322 g/mol. The third kappa shape index (κ3) is 2.95. The number of hydrogen-bond donors (Lipinski definition) is 1. The van der Waals surface area contributed by atoms with E-state index in [1.165, 1.54) is 0 Å². The van der Waals surface area contributed by atoms with E-state index in [1.54, 1.807) is 17.6 Å². The molecule has 1 saturated heterocycles. The molecule has 1 aliphatic rings. The molecule has 124 valence electrons. The number of oxazole rings is 1. The fourth-order valence-corrected chi connectivity index (χ4v) is 4.02. The highest BCUT2D eigenvalue weighted by Crippen LogP contribution is 2.26. The zero-order chi connectivity index (χ0) is 16.5. The number of fused-ring (bicyclic) bond motifs is 1. The van der Waals surface area contributed by atoms with E-state index in [1.807, 2.05) is 36.6 Å². The second kappa shape index (κ2) is 6.37. The van der Waals surface area contributed by atoms with Crippen LogP contribution in [0.3, 0.4) is 0 Å². The van der Waals surface area contributed by atoms with Gasteiger partial charge in [0, 0.05) is 48.1 Å². The van der Waals surface area contributed by atoms with Gasteiger partial charge in [-0.25, -0.2) is 4.98 Å². The summed E-state index contributed by atoms with van der Waals surface area (Å²) in [5.41, 5.74) is 1.72. The van der Waals surface area contributed by atoms with E-state index in [4.69, 9.17) is 4.42 Å². The maximum atomic E-state index is 12.5. The maximum Gasteiger partial charge on any atom is 0.252 e. The summed E-state index contributed by atoms with van der Waals surface area (Å²) in [6.45, 7) is 4.33. The highest BCUT2D eigenvalue weighted by molar-refractivity contribution is 7.17. The number of thiophene rings is 1. The molecule has 0 aliphatic carbocycles. The third-order valence-electron chi connectivity index (χ3n) is 4.52. The topological polar surface area (TPSA) is 58.4 Å². The Morgan fingerprint density at radius 3 is 3.08 bits per heavy atom. The molecule has 1 unspecified atom stereocenters. The summed E-state index contributed by atoms with van der Waals surface area (Å²) in [5.74, 6) is 0.705. The van der Waals surface area contributed by atoms with Crippen LogP contribution in [0.4, 0.5) is 0 Å². The van der Waals surface area contributed by atoms with Crippen molar-refractivity contribution in [2.45, 2.75) is 25.9 Å². The van der Waals surface area contributed by atoms with E-state index in [0.29, 0.717) is 18.5 Å². The lowest BCUT2D eigenvalue weighted by atomic mass is 10.0. The SMILES string of the molecule is Cc1nc(CN2CCC2CNC(=O)c2csc3ccccc23)co1. The van der Waals surface area contributed by atoms with Crippen molar-refractivity contribution in [3.05, 3.63) is 53.1 Å². The summed E-state index contributed by atoms with van der Waals surface area (Å²) in [4.78, 5) is 19.1. The minimum absolute atomic E-state index is 0.0107.